The Morgan fingerprint density at radius 2 is 1.54 bits per heavy atom. The lowest BCUT2D eigenvalue weighted by Crippen LogP contribution is -2.41. The summed E-state index contributed by atoms with van der Waals surface area (Å²) >= 11 is 0. The summed E-state index contributed by atoms with van der Waals surface area (Å²) in [6.45, 7) is 8.13. The number of nitrogens with one attached hydrogen (secondary N) is 1. The fourth-order valence-corrected chi connectivity index (χ4v) is 3.00. The van der Waals surface area contributed by atoms with Crippen molar-refractivity contribution in [3.8, 4) is 11.4 Å². The molecule has 0 atom stereocenters. The van der Waals surface area contributed by atoms with Crippen LogP contribution in [0, 0.1) is 0 Å². The number of hydrogen-bond donors (Lipinski definition) is 1. The first-order valence-corrected chi connectivity index (χ1v) is 8.72. The first-order valence-electron chi connectivity index (χ1n) is 8.72. The zero-order chi connectivity index (χ0) is 18.5. The van der Waals surface area contributed by atoms with Crippen LogP contribution in [0.4, 0.5) is 0 Å². The molecular formula is C20H21BN2O3. The first kappa shape index (κ1) is 17.0. The van der Waals surface area contributed by atoms with E-state index < -0.39 is 7.12 Å². The molecule has 0 radical (unpaired) electrons. The van der Waals surface area contributed by atoms with Crippen LogP contribution in [-0.2, 0) is 9.31 Å². The highest BCUT2D eigenvalue weighted by Crippen LogP contribution is 2.36. The van der Waals surface area contributed by atoms with E-state index in [0.29, 0.717) is 16.7 Å². The maximum absolute atomic E-state index is 12.3. The second-order valence-corrected chi connectivity index (χ2v) is 7.64. The van der Waals surface area contributed by atoms with Crippen molar-refractivity contribution in [2.45, 2.75) is 38.9 Å². The lowest BCUT2D eigenvalue weighted by molar-refractivity contribution is 0.00578. The highest BCUT2D eigenvalue weighted by molar-refractivity contribution is 6.62. The molecule has 1 N–H and O–H groups in total. The van der Waals surface area contributed by atoms with Crippen LogP contribution in [-0.4, -0.2) is 28.3 Å². The molecule has 1 aliphatic heterocycles. The number of nitrogens with zero attached hydrogens (tertiary/aromatic N) is 1. The summed E-state index contributed by atoms with van der Waals surface area (Å²) in [5, 5.41) is 0.588. The van der Waals surface area contributed by atoms with Gasteiger partial charge in [-0.1, -0.05) is 36.4 Å². The smallest absolute Gasteiger partial charge is 0.399 e. The van der Waals surface area contributed by atoms with Crippen molar-refractivity contribution in [2.75, 3.05) is 0 Å². The average molecular weight is 348 g/mol. The van der Waals surface area contributed by atoms with E-state index in [-0.39, 0.29) is 16.8 Å². The standard InChI is InChI=1S/C20H21BN2O3/c1-19(2)20(3,4)26-21(25-19)14-11-9-13(10-12-14)17-22-16-8-6-5-7-15(16)18(24)23-17/h5-12H,1-4H3,(H,22,23,24). The Balaban J connectivity index is 1.66. The molecule has 0 spiro atoms. The molecule has 3 aromatic rings. The molecule has 0 unspecified atom stereocenters. The van der Waals surface area contributed by atoms with E-state index in [1.165, 1.54) is 0 Å². The topological polar surface area (TPSA) is 64.2 Å². The Labute approximate surface area is 152 Å². The first-order chi connectivity index (χ1) is 12.3. The zero-order valence-electron chi connectivity index (χ0n) is 15.4. The normalized spacial score (nSPS) is 18.4. The molecule has 26 heavy (non-hydrogen) atoms. The molecule has 0 aliphatic carbocycles. The third-order valence-electron chi connectivity index (χ3n) is 5.32. The molecule has 4 rings (SSSR count). The SMILES string of the molecule is CC1(C)OB(c2ccc(-c3nc4ccccc4c(=O)[nH]3)cc2)OC1(C)C. The van der Waals surface area contributed by atoms with Crippen molar-refractivity contribution in [1.82, 2.24) is 9.97 Å². The molecule has 0 bridgehead atoms. The van der Waals surface area contributed by atoms with Crippen molar-refractivity contribution in [3.63, 3.8) is 0 Å². The average Bonchev–Trinajstić information content (AvgIpc) is 2.83. The Hall–Kier alpha value is -2.44. The number of benzene rings is 2. The van der Waals surface area contributed by atoms with Crippen LogP contribution in [0.1, 0.15) is 27.7 Å². The number of para-hydroxylation sites is 1. The molecule has 132 valence electrons. The van der Waals surface area contributed by atoms with Gasteiger partial charge in [0.05, 0.1) is 22.1 Å². The van der Waals surface area contributed by atoms with Gasteiger partial charge < -0.3 is 14.3 Å². The summed E-state index contributed by atoms with van der Waals surface area (Å²) in [4.78, 5) is 19.7. The minimum atomic E-state index is -0.405. The van der Waals surface area contributed by atoms with E-state index >= 15 is 0 Å². The largest absolute Gasteiger partial charge is 0.494 e. The highest BCUT2D eigenvalue weighted by atomic mass is 16.7. The molecule has 2 heterocycles. The summed E-state index contributed by atoms with van der Waals surface area (Å²) in [5.74, 6) is 0.550. The fraction of sp³-hybridized carbons (Fsp3) is 0.300. The summed E-state index contributed by atoms with van der Waals surface area (Å²) < 4.78 is 12.2. The maximum Gasteiger partial charge on any atom is 0.494 e. The third kappa shape index (κ3) is 2.75. The van der Waals surface area contributed by atoms with Gasteiger partial charge in [0.1, 0.15) is 5.82 Å². The number of rotatable bonds is 2. The van der Waals surface area contributed by atoms with Gasteiger partial charge >= 0.3 is 7.12 Å². The van der Waals surface area contributed by atoms with Crippen LogP contribution in [0.5, 0.6) is 0 Å². The lowest BCUT2D eigenvalue weighted by Gasteiger charge is -2.32. The predicted molar refractivity (Wildman–Crippen MR) is 104 cm³/mol. The van der Waals surface area contributed by atoms with Crippen LogP contribution in [0.25, 0.3) is 22.3 Å². The lowest BCUT2D eigenvalue weighted by atomic mass is 9.79. The number of aromatic amines is 1. The van der Waals surface area contributed by atoms with E-state index in [2.05, 4.69) is 9.97 Å². The van der Waals surface area contributed by atoms with Crippen LogP contribution in [0.15, 0.2) is 53.3 Å². The minimum absolute atomic E-state index is 0.138. The van der Waals surface area contributed by atoms with Gasteiger partial charge in [0.25, 0.3) is 5.56 Å². The predicted octanol–water partition coefficient (Wildman–Crippen LogP) is 2.89. The second-order valence-electron chi connectivity index (χ2n) is 7.64. The van der Waals surface area contributed by atoms with E-state index in [0.717, 1.165) is 11.0 Å². The van der Waals surface area contributed by atoms with Gasteiger partial charge in [-0.15, -0.1) is 0 Å². The van der Waals surface area contributed by atoms with E-state index in [4.69, 9.17) is 9.31 Å². The van der Waals surface area contributed by atoms with Crippen LogP contribution < -0.4 is 11.0 Å². The molecule has 6 heteroatoms. The maximum atomic E-state index is 12.3. The monoisotopic (exact) mass is 348 g/mol. The van der Waals surface area contributed by atoms with Gasteiger partial charge in [-0.05, 0) is 45.3 Å². The van der Waals surface area contributed by atoms with Crippen molar-refractivity contribution < 1.29 is 9.31 Å². The number of hydrogen-bond acceptors (Lipinski definition) is 4. The quantitative estimate of drug-likeness (QED) is 0.724. The third-order valence-corrected chi connectivity index (χ3v) is 5.32. The van der Waals surface area contributed by atoms with Gasteiger partial charge in [-0.3, -0.25) is 4.79 Å². The van der Waals surface area contributed by atoms with Crippen molar-refractivity contribution in [1.29, 1.82) is 0 Å². The second kappa shape index (κ2) is 5.79. The van der Waals surface area contributed by atoms with Gasteiger partial charge in [-0.2, -0.15) is 0 Å². The molecule has 1 saturated heterocycles. The van der Waals surface area contributed by atoms with Gasteiger partial charge in [-0.25, -0.2) is 4.98 Å². The molecule has 5 nitrogen and oxygen atoms in total. The minimum Gasteiger partial charge on any atom is -0.399 e. The molecule has 0 amide bonds. The number of H-pyrrole nitrogens is 1. The molecule has 0 saturated carbocycles. The zero-order valence-corrected chi connectivity index (χ0v) is 15.4. The van der Waals surface area contributed by atoms with E-state index in [1.807, 2.05) is 70.2 Å². The van der Waals surface area contributed by atoms with E-state index in [1.54, 1.807) is 6.07 Å². The fourth-order valence-electron chi connectivity index (χ4n) is 3.00. The van der Waals surface area contributed by atoms with Crippen molar-refractivity contribution >= 4 is 23.5 Å². The molecule has 1 fully saturated rings. The van der Waals surface area contributed by atoms with Gasteiger partial charge in [0.15, 0.2) is 0 Å². The Morgan fingerprint density at radius 3 is 2.19 bits per heavy atom. The Kier molecular flexibility index (Phi) is 3.79. The number of fused-ring (bicyclic) bond motifs is 1. The summed E-state index contributed by atoms with van der Waals surface area (Å²) in [5.41, 5.74) is 1.58. The Bertz CT molecular complexity index is 1010. The van der Waals surface area contributed by atoms with Crippen LogP contribution >= 0.6 is 0 Å². The van der Waals surface area contributed by atoms with Gasteiger partial charge in [0.2, 0.25) is 0 Å². The van der Waals surface area contributed by atoms with Crippen molar-refractivity contribution in [2.24, 2.45) is 0 Å². The molecule has 1 aliphatic rings. The number of aromatic nitrogens is 2. The molecule has 2 aromatic carbocycles. The molecule has 1 aromatic heterocycles. The summed E-state index contributed by atoms with van der Waals surface area (Å²) in [6, 6.07) is 15.1. The van der Waals surface area contributed by atoms with Crippen LogP contribution in [0.3, 0.4) is 0 Å². The molecular weight excluding hydrogens is 327 g/mol. The Morgan fingerprint density at radius 1 is 0.923 bits per heavy atom. The highest BCUT2D eigenvalue weighted by Gasteiger charge is 2.51. The summed E-state index contributed by atoms with van der Waals surface area (Å²) in [7, 11) is -0.405. The van der Waals surface area contributed by atoms with Crippen LogP contribution in [0.2, 0.25) is 0 Å². The summed E-state index contributed by atoms with van der Waals surface area (Å²) in [6.07, 6.45) is 0. The van der Waals surface area contributed by atoms with E-state index in [9.17, 15) is 4.79 Å². The van der Waals surface area contributed by atoms with Crippen molar-refractivity contribution in [3.05, 3.63) is 58.9 Å². The van der Waals surface area contributed by atoms with Gasteiger partial charge in [0, 0.05) is 5.56 Å².